The molecule has 0 aliphatic carbocycles. The van der Waals surface area contributed by atoms with Crippen LogP contribution in [0.25, 0.3) is 0 Å². The van der Waals surface area contributed by atoms with Gasteiger partial charge >= 0.3 is 0 Å². The number of nitrogens with two attached hydrogens (primary N) is 1. The number of halogens is 1. The standard InChI is InChI=1S/C15H16FNO3S/c1-19-14-4-2-3-5-15(14)20-6-7-21(18)13-9-11(16)8-12(17)10-13/h2-5,8-10H,6-7,17H2,1H3. The van der Waals surface area contributed by atoms with Gasteiger partial charge in [0.2, 0.25) is 0 Å². The largest absolute Gasteiger partial charge is 0.493 e. The van der Waals surface area contributed by atoms with E-state index in [4.69, 9.17) is 15.2 Å². The van der Waals surface area contributed by atoms with Crippen molar-refractivity contribution in [2.75, 3.05) is 25.2 Å². The Labute approximate surface area is 125 Å². The lowest BCUT2D eigenvalue weighted by atomic mass is 10.3. The molecule has 2 aromatic carbocycles. The molecule has 0 amide bonds. The van der Waals surface area contributed by atoms with E-state index in [-0.39, 0.29) is 18.0 Å². The molecule has 0 aliphatic heterocycles. The second-order valence-electron chi connectivity index (χ2n) is 4.27. The zero-order chi connectivity index (χ0) is 15.2. The highest BCUT2D eigenvalue weighted by Crippen LogP contribution is 2.25. The predicted molar refractivity (Wildman–Crippen MR) is 80.6 cm³/mol. The molecule has 2 aromatic rings. The molecule has 4 nitrogen and oxygen atoms in total. The third kappa shape index (κ3) is 4.19. The van der Waals surface area contributed by atoms with Crippen LogP contribution in [0.1, 0.15) is 0 Å². The normalized spacial score (nSPS) is 11.9. The average molecular weight is 309 g/mol. The molecule has 112 valence electrons. The van der Waals surface area contributed by atoms with Crippen molar-refractivity contribution in [3.8, 4) is 11.5 Å². The first-order valence-electron chi connectivity index (χ1n) is 6.30. The van der Waals surface area contributed by atoms with Crippen LogP contribution in [0.3, 0.4) is 0 Å². The summed E-state index contributed by atoms with van der Waals surface area (Å²) < 4.78 is 36.0. The van der Waals surface area contributed by atoms with Crippen LogP contribution < -0.4 is 15.2 Å². The second kappa shape index (κ2) is 7.08. The number of benzene rings is 2. The van der Waals surface area contributed by atoms with Crippen LogP contribution in [0.2, 0.25) is 0 Å². The molecule has 0 saturated heterocycles. The van der Waals surface area contributed by atoms with Gasteiger partial charge in [-0.05, 0) is 30.3 Å². The zero-order valence-electron chi connectivity index (χ0n) is 11.5. The summed E-state index contributed by atoms with van der Waals surface area (Å²) in [6.45, 7) is 0.226. The molecule has 0 spiro atoms. The summed E-state index contributed by atoms with van der Waals surface area (Å²) in [4.78, 5) is 0.358. The monoisotopic (exact) mass is 309 g/mol. The minimum absolute atomic E-state index is 0.226. The molecule has 0 heterocycles. The molecular weight excluding hydrogens is 293 g/mol. The molecule has 0 bridgehead atoms. The number of hydrogen-bond acceptors (Lipinski definition) is 4. The predicted octanol–water partition coefficient (Wildman–Crippen LogP) is 2.60. The van der Waals surface area contributed by atoms with Gasteiger partial charge in [0.15, 0.2) is 11.5 Å². The molecule has 21 heavy (non-hydrogen) atoms. The van der Waals surface area contributed by atoms with E-state index in [9.17, 15) is 8.60 Å². The molecule has 1 atom stereocenters. The van der Waals surface area contributed by atoms with E-state index < -0.39 is 16.6 Å². The van der Waals surface area contributed by atoms with Crippen LogP contribution in [0, 0.1) is 5.82 Å². The van der Waals surface area contributed by atoms with E-state index in [1.165, 1.54) is 18.2 Å². The summed E-state index contributed by atoms with van der Waals surface area (Å²) in [6.07, 6.45) is 0. The Morgan fingerprint density at radius 2 is 1.90 bits per heavy atom. The summed E-state index contributed by atoms with van der Waals surface area (Å²) in [5.74, 6) is 0.930. The average Bonchev–Trinajstić information content (AvgIpc) is 2.46. The quantitative estimate of drug-likeness (QED) is 0.833. The molecular formula is C15H16FNO3S. The van der Waals surface area contributed by atoms with E-state index in [1.807, 2.05) is 12.1 Å². The number of methoxy groups -OCH3 is 1. The fraction of sp³-hybridized carbons (Fsp3) is 0.200. The summed E-state index contributed by atoms with van der Waals surface area (Å²) >= 11 is 0. The lowest BCUT2D eigenvalue weighted by Crippen LogP contribution is -2.09. The first kappa shape index (κ1) is 15.3. The van der Waals surface area contributed by atoms with Crippen LogP contribution in [0.5, 0.6) is 11.5 Å². The van der Waals surface area contributed by atoms with E-state index in [0.717, 1.165) is 0 Å². The van der Waals surface area contributed by atoms with Gasteiger partial charge in [-0.2, -0.15) is 0 Å². The maximum absolute atomic E-state index is 13.2. The topological polar surface area (TPSA) is 61.5 Å². The highest BCUT2D eigenvalue weighted by Gasteiger charge is 2.08. The van der Waals surface area contributed by atoms with E-state index in [1.54, 1.807) is 19.2 Å². The number of rotatable bonds is 6. The Balaban J connectivity index is 1.95. The molecule has 0 saturated carbocycles. The number of ether oxygens (including phenoxy) is 2. The maximum atomic E-state index is 13.2. The molecule has 0 aromatic heterocycles. The summed E-state index contributed by atoms with van der Waals surface area (Å²) in [7, 11) is 0.179. The SMILES string of the molecule is COc1ccccc1OCCS(=O)c1cc(N)cc(F)c1. The molecule has 2 N–H and O–H groups in total. The van der Waals surface area contributed by atoms with Gasteiger partial charge in [0, 0.05) is 10.6 Å². The second-order valence-corrected chi connectivity index (χ2v) is 5.84. The number of para-hydroxylation sites is 2. The van der Waals surface area contributed by atoms with E-state index in [0.29, 0.717) is 16.4 Å². The molecule has 0 radical (unpaired) electrons. The van der Waals surface area contributed by atoms with Crippen LogP contribution >= 0.6 is 0 Å². The summed E-state index contributed by atoms with van der Waals surface area (Å²) in [5, 5.41) is 0. The van der Waals surface area contributed by atoms with Crippen LogP contribution in [-0.2, 0) is 10.8 Å². The van der Waals surface area contributed by atoms with Gasteiger partial charge in [-0.3, -0.25) is 4.21 Å². The van der Waals surface area contributed by atoms with E-state index >= 15 is 0 Å². The van der Waals surface area contributed by atoms with Crippen molar-refractivity contribution >= 4 is 16.5 Å². The molecule has 0 fully saturated rings. The van der Waals surface area contributed by atoms with Gasteiger partial charge in [0.1, 0.15) is 12.4 Å². The van der Waals surface area contributed by atoms with Crippen molar-refractivity contribution in [3.63, 3.8) is 0 Å². The Bertz CT molecular complexity index is 628. The fourth-order valence-electron chi connectivity index (χ4n) is 1.80. The van der Waals surface area contributed by atoms with Gasteiger partial charge in [0.25, 0.3) is 0 Å². The van der Waals surface area contributed by atoms with Crippen molar-refractivity contribution in [2.45, 2.75) is 4.90 Å². The van der Waals surface area contributed by atoms with Crippen LogP contribution in [-0.4, -0.2) is 23.7 Å². The Morgan fingerprint density at radius 3 is 2.57 bits per heavy atom. The molecule has 0 aliphatic rings. The minimum atomic E-state index is -1.37. The van der Waals surface area contributed by atoms with Gasteiger partial charge in [-0.25, -0.2) is 4.39 Å². The Morgan fingerprint density at radius 1 is 1.19 bits per heavy atom. The maximum Gasteiger partial charge on any atom is 0.161 e. The van der Waals surface area contributed by atoms with Crippen LogP contribution in [0.15, 0.2) is 47.4 Å². The van der Waals surface area contributed by atoms with Crippen molar-refractivity contribution in [1.82, 2.24) is 0 Å². The van der Waals surface area contributed by atoms with Gasteiger partial charge in [-0.15, -0.1) is 0 Å². The number of hydrogen-bond donors (Lipinski definition) is 1. The highest BCUT2D eigenvalue weighted by molar-refractivity contribution is 7.85. The van der Waals surface area contributed by atoms with Crippen molar-refractivity contribution < 1.29 is 18.1 Å². The summed E-state index contributed by atoms with van der Waals surface area (Å²) in [6, 6.07) is 11.1. The lowest BCUT2D eigenvalue weighted by molar-refractivity contribution is 0.312. The van der Waals surface area contributed by atoms with Gasteiger partial charge in [-0.1, -0.05) is 12.1 Å². The first-order chi connectivity index (χ1) is 10.1. The Hall–Kier alpha value is -2.08. The molecule has 1 unspecified atom stereocenters. The van der Waals surface area contributed by atoms with Crippen molar-refractivity contribution in [2.24, 2.45) is 0 Å². The van der Waals surface area contributed by atoms with Crippen molar-refractivity contribution in [3.05, 3.63) is 48.3 Å². The minimum Gasteiger partial charge on any atom is -0.493 e. The molecule has 2 rings (SSSR count). The number of anilines is 1. The Kier molecular flexibility index (Phi) is 5.16. The van der Waals surface area contributed by atoms with Gasteiger partial charge in [0.05, 0.1) is 23.7 Å². The fourth-order valence-corrected chi connectivity index (χ4v) is 2.78. The first-order valence-corrected chi connectivity index (χ1v) is 7.62. The number of nitrogen functional groups attached to an aromatic ring is 1. The van der Waals surface area contributed by atoms with Crippen LogP contribution in [0.4, 0.5) is 10.1 Å². The van der Waals surface area contributed by atoms with E-state index in [2.05, 4.69) is 0 Å². The lowest BCUT2D eigenvalue weighted by Gasteiger charge is -2.10. The van der Waals surface area contributed by atoms with Crippen molar-refractivity contribution in [1.29, 1.82) is 0 Å². The zero-order valence-corrected chi connectivity index (χ0v) is 12.4. The third-order valence-corrected chi connectivity index (χ3v) is 4.05. The third-order valence-electron chi connectivity index (χ3n) is 2.75. The molecule has 6 heteroatoms. The van der Waals surface area contributed by atoms with Gasteiger partial charge < -0.3 is 15.2 Å². The smallest absolute Gasteiger partial charge is 0.161 e. The summed E-state index contributed by atoms with van der Waals surface area (Å²) in [5.41, 5.74) is 5.79. The highest BCUT2D eigenvalue weighted by atomic mass is 32.2.